The second-order valence-corrected chi connectivity index (χ2v) is 7.73. The van der Waals surface area contributed by atoms with E-state index in [2.05, 4.69) is 16.9 Å². The van der Waals surface area contributed by atoms with Gasteiger partial charge in [0.15, 0.2) is 5.13 Å². The van der Waals surface area contributed by atoms with Crippen LogP contribution in [0, 0.1) is 6.92 Å². The number of halogens is 1. The molecule has 1 aromatic carbocycles. The van der Waals surface area contributed by atoms with E-state index in [-0.39, 0.29) is 18.0 Å². The monoisotopic (exact) mass is 402 g/mol. The van der Waals surface area contributed by atoms with Crippen LogP contribution in [0.3, 0.4) is 0 Å². The third-order valence-corrected chi connectivity index (χ3v) is 5.70. The fraction of sp³-hybridized carbons (Fsp3) is 0.300. The predicted octanol–water partition coefficient (Wildman–Crippen LogP) is 4.51. The van der Waals surface area contributed by atoms with E-state index in [4.69, 9.17) is 4.98 Å². The Morgan fingerprint density at radius 1 is 1.11 bits per heavy atom. The predicted molar refractivity (Wildman–Crippen MR) is 115 cm³/mol. The third-order valence-electron chi connectivity index (χ3n) is 4.66. The number of aromatic amines is 1. The van der Waals surface area contributed by atoms with Gasteiger partial charge in [-0.05, 0) is 50.5 Å². The largest absolute Gasteiger partial charge is 0.348 e. The van der Waals surface area contributed by atoms with Gasteiger partial charge in [-0.3, -0.25) is 14.6 Å². The van der Waals surface area contributed by atoms with E-state index >= 15 is 0 Å². The molecule has 0 aliphatic carbocycles. The highest BCUT2D eigenvalue weighted by Crippen LogP contribution is 2.28. The number of rotatable bonds is 4. The van der Waals surface area contributed by atoms with Crippen molar-refractivity contribution in [3.63, 3.8) is 0 Å². The molecule has 0 saturated carbocycles. The highest BCUT2D eigenvalue weighted by atomic mass is 35.5. The van der Waals surface area contributed by atoms with Crippen LogP contribution in [0.4, 0.5) is 5.13 Å². The van der Waals surface area contributed by atoms with Crippen LogP contribution < -0.4 is 10.5 Å². The lowest BCUT2D eigenvalue weighted by Gasteiger charge is -2.25. The molecule has 0 atom stereocenters. The molecule has 0 amide bonds. The number of thiazole rings is 1. The van der Waals surface area contributed by atoms with Gasteiger partial charge in [-0.1, -0.05) is 18.2 Å². The van der Waals surface area contributed by atoms with Crippen molar-refractivity contribution in [2.75, 3.05) is 18.0 Å². The lowest BCUT2D eigenvalue weighted by Crippen LogP contribution is -2.29. The fourth-order valence-corrected chi connectivity index (χ4v) is 4.14. The summed E-state index contributed by atoms with van der Waals surface area (Å²) in [6.45, 7) is 4.27. The molecule has 27 heavy (non-hydrogen) atoms. The Morgan fingerprint density at radius 3 is 2.59 bits per heavy atom. The molecule has 0 unspecified atom stereocenters. The topological polar surface area (TPSA) is 53.9 Å². The number of piperidine rings is 1. The number of H-pyrrole nitrogens is 1. The standard InChI is InChI=1S/C20H22N4OS.ClH/c1-15-18(21-20(26-15)23-12-6-3-7-13-23)11-10-16-14-24(22-19(16)25)17-8-4-2-5-9-17;/h2,4-5,8-11,14H,3,6-7,12-13H2,1H3,(H,22,25);1H. The first-order valence-corrected chi connectivity index (χ1v) is 9.80. The summed E-state index contributed by atoms with van der Waals surface area (Å²) in [4.78, 5) is 20.6. The third kappa shape index (κ3) is 4.34. The average molecular weight is 403 g/mol. The van der Waals surface area contributed by atoms with Crippen molar-refractivity contribution in [3.8, 4) is 5.69 Å². The first-order chi connectivity index (χ1) is 12.7. The summed E-state index contributed by atoms with van der Waals surface area (Å²) >= 11 is 1.73. The zero-order valence-corrected chi connectivity index (χ0v) is 16.9. The minimum atomic E-state index is -0.103. The van der Waals surface area contributed by atoms with Crippen LogP contribution in [0.2, 0.25) is 0 Å². The molecule has 2 aromatic heterocycles. The lowest BCUT2D eigenvalue weighted by atomic mass is 10.1. The van der Waals surface area contributed by atoms with Crippen molar-refractivity contribution >= 4 is 41.0 Å². The van der Waals surface area contributed by atoms with E-state index in [1.165, 1.54) is 24.1 Å². The normalized spacial score (nSPS) is 14.5. The maximum absolute atomic E-state index is 12.2. The van der Waals surface area contributed by atoms with Gasteiger partial charge in [-0.2, -0.15) is 0 Å². The number of benzene rings is 1. The van der Waals surface area contributed by atoms with Crippen LogP contribution in [0.1, 0.15) is 35.4 Å². The molecule has 142 valence electrons. The van der Waals surface area contributed by atoms with E-state index in [1.54, 1.807) is 16.0 Å². The average Bonchev–Trinajstić information content (AvgIpc) is 3.24. The van der Waals surface area contributed by atoms with E-state index in [1.807, 2.05) is 48.7 Å². The zero-order chi connectivity index (χ0) is 17.9. The molecule has 1 fully saturated rings. The van der Waals surface area contributed by atoms with Gasteiger partial charge < -0.3 is 4.90 Å². The number of hydrogen-bond acceptors (Lipinski definition) is 4. The van der Waals surface area contributed by atoms with Gasteiger partial charge in [0.1, 0.15) is 0 Å². The van der Waals surface area contributed by atoms with Gasteiger partial charge in [0, 0.05) is 24.2 Å². The van der Waals surface area contributed by atoms with Gasteiger partial charge in [-0.25, -0.2) is 4.98 Å². The molecular weight excluding hydrogens is 380 g/mol. The van der Waals surface area contributed by atoms with Crippen molar-refractivity contribution in [1.82, 2.24) is 14.8 Å². The molecule has 5 nitrogen and oxygen atoms in total. The van der Waals surface area contributed by atoms with Crippen molar-refractivity contribution < 1.29 is 0 Å². The fourth-order valence-electron chi connectivity index (χ4n) is 3.19. The molecule has 3 aromatic rings. The summed E-state index contributed by atoms with van der Waals surface area (Å²) < 4.78 is 1.75. The van der Waals surface area contributed by atoms with Gasteiger partial charge in [0.25, 0.3) is 5.56 Å². The summed E-state index contributed by atoms with van der Waals surface area (Å²) in [5, 5.41) is 3.95. The molecule has 0 spiro atoms. The van der Waals surface area contributed by atoms with Crippen LogP contribution in [-0.2, 0) is 0 Å². The Hall–Kier alpha value is -2.31. The molecule has 1 aliphatic heterocycles. The number of aryl methyl sites for hydroxylation is 1. The smallest absolute Gasteiger partial charge is 0.271 e. The quantitative estimate of drug-likeness (QED) is 0.698. The van der Waals surface area contributed by atoms with E-state index < -0.39 is 0 Å². The Balaban J connectivity index is 0.00000210. The van der Waals surface area contributed by atoms with Crippen molar-refractivity contribution in [2.24, 2.45) is 0 Å². The highest BCUT2D eigenvalue weighted by molar-refractivity contribution is 7.15. The van der Waals surface area contributed by atoms with Gasteiger partial charge in [-0.15, -0.1) is 23.7 Å². The number of para-hydroxylation sites is 1. The maximum atomic E-state index is 12.2. The molecule has 1 N–H and O–H groups in total. The molecule has 1 aliphatic rings. The summed E-state index contributed by atoms with van der Waals surface area (Å²) in [7, 11) is 0. The van der Waals surface area contributed by atoms with E-state index in [0.717, 1.165) is 29.6 Å². The van der Waals surface area contributed by atoms with Crippen LogP contribution in [0.15, 0.2) is 41.3 Å². The summed E-state index contributed by atoms with van der Waals surface area (Å²) in [5.41, 5.74) is 2.40. The van der Waals surface area contributed by atoms with Crippen LogP contribution in [0.5, 0.6) is 0 Å². The van der Waals surface area contributed by atoms with Crippen molar-refractivity contribution in [3.05, 3.63) is 63.0 Å². The van der Waals surface area contributed by atoms with E-state index in [0.29, 0.717) is 5.56 Å². The minimum Gasteiger partial charge on any atom is -0.348 e. The maximum Gasteiger partial charge on any atom is 0.271 e. The number of nitrogens with one attached hydrogen (secondary N) is 1. The van der Waals surface area contributed by atoms with Gasteiger partial charge in [0.05, 0.1) is 16.9 Å². The van der Waals surface area contributed by atoms with Crippen LogP contribution in [-0.4, -0.2) is 27.9 Å². The van der Waals surface area contributed by atoms with Crippen molar-refractivity contribution in [2.45, 2.75) is 26.2 Å². The summed E-state index contributed by atoms with van der Waals surface area (Å²) in [6.07, 6.45) is 9.41. The Labute approximate surface area is 168 Å². The molecule has 7 heteroatoms. The first-order valence-electron chi connectivity index (χ1n) is 8.98. The Morgan fingerprint density at radius 2 is 1.85 bits per heavy atom. The second kappa shape index (κ2) is 8.59. The van der Waals surface area contributed by atoms with Crippen molar-refractivity contribution in [1.29, 1.82) is 0 Å². The summed E-state index contributed by atoms with van der Waals surface area (Å²) in [6, 6.07) is 9.77. The van der Waals surface area contributed by atoms with Crippen LogP contribution >= 0.6 is 23.7 Å². The highest BCUT2D eigenvalue weighted by Gasteiger charge is 2.15. The zero-order valence-electron chi connectivity index (χ0n) is 15.2. The summed E-state index contributed by atoms with van der Waals surface area (Å²) in [5.74, 6) is 0. The molecular formula is C20H23ClN4OS. The lowest BCUT2D eigenvalue weighted by molar-refractivity contribution is 0.577. The van der Waals surface area contributed by atoms with E-state index in [9.17, 15) is 4.79 Å². The molecule has 1 saturated heterocycles. The number of hydrogen-bond donors (Lipinski definition) is 1. The Kier molecular flexibility index (Phi) is 6.19. The number of aromatic nitrogens is 3. The molecule has 4 rings (SSSR count). The molecule has 3 heterocycles. The minimum absolute atomic E-state index is 0. The number of anilines is 1. The van der Waals surface area contributed by atoms with Gasteiger partial charge >= 0.3 is 0 Å². The SMILES string of the molecule is Cc1sc(N2CCCCC2)nc1C=Cc1cn(-c2ccccc2)[nH]c1=O.Cl. The second-order valence-electron chi connectivity index (χ2n) is 6.55. The Bertz CT molecular complexity index is 968. The molecule has 0 radical (unpaired) electrons. The number of nitrogens with zero attached hydrogens (tertiary/aromatic N) is 3. The first kappa shape index (κ1) is 19.5. The van der Waals surface area contributed by atoms with Gasteiger partial charge in [0.2, 0.25) is 0 Å². The van der Waals surface area contributed by atoms with Crippen LogP contribution in [0.25, 0.3) is 17.8 Å². The molecule has 0 bridgehead atoms.